The summed E-state index contributed by atoms with van der Waals surface area (Å²) in [5, 5.41) is 13.8. The van der Waals surface area contributed by atoms with E-state index in [1.54, 1.807) is 20.8 Å². The molecule has 9 nitrogen and oxygen atoms in total. The monoisotopic (exact) mass is 334 g/mol. The van der Waals surface area contributed by atoms with Crippen molar-refractivity contribution in [3.63, 3.8) is 0 Å². The van der Waals surface area contributed by atoms with E-state index in [0.717, 1.165) is 0 Å². The number of aromatic carboxylic acids is 1. The fraction of sp³-hybridized carbons (Fsp3) is 0.267. The average molecular weight is 334 g/mol. The molecule has 0 aliphatic heterocycles. The Bertz CT molecular complexity index is 769. The van der Waals surface area contributed by atoms with Gasteiger partial charge in [0.25, 0.3) is 5.91 Å². The molecule has 0 aliphatic rings. The van der Waals surface area contributed by atoms with E-state index in [0.29, 0.717) is 5.82 Å². The minimum atomic E-state index is -1.13. The molecule has 0 spiro atoms. The number of nitrogens with one attached hydrogen (secondary N) is 4. The lowest BCUT2D eigenvalue weighted by Gasteiger charge is -2.19. The number of aromatic amines is 2. The molecule has 2 amide bonds. The Labute approximate surface area is 137 Å². The van der Waals surface area contributed by atoms with Gasteiger partial charge in [-0.15, -0.1) is 0 Å². The third kappa shape index (κ3) is 4.63. The van der Waals surface area contributed by atoms with Crippen LogP contribution in [0.25, 0.3) is 0 Å². The number of amides is 2. The Morgan fingerprint density at radius 1 is 0.958 bits per heavy atom. The number of ether oxygens (including phenoxy) is 1. The first-order valence-electron chi connectivity index (χ1n) is 7.07. The summed E-state index contributed by atoms with van der Waals surface area (Å²) in [6, 6.07) is 5.76. The number of H-pyrrole nitrogens is 2. The summed E-state index contributed by atoms with van der Waals surface area (Å²) in [5.41, 5.74) is -0.483. The first-order chi connectivity index (χ1) is 11.1. The van der Waals surface area contributed by atoms with Crippen molar-refractivity contribution in [2.45, 2.75) is 26.4 Å². The number of rotatable bonds is 4. The molecule has 0 atom stereocenters. The van der Waals surface area contributed by atoms with E-state index in [1.807, 2.05) is 0 Å². The minimum absolute atomic E-state index is 0.0379. The van der Waals surface area contributed by atoms with Crippen LogP contribution in [0.2, 0.25) is 0 Å². The number of carboxylic acids is 1. The summed E-state index contributed by atoms with van der Waals surface area (Å²) in [6.45, 7) is 5.21. The second kappa shape index (κ2) is 6.49. The fourth-order valence-corrected chi connectivity index (χ4v) is 1.80. The maximum absolute atomic E-state index is 12.1. The summed E-state index contributed by atoms with van der Waals surface area (Å²) < 4.78 is 5.10. The summed E-state index contributed by atoms with van der Waals surface area (Å²) >= 11 is 0. The highest BCUT2D eigenvalue weighted by atomic mass is 16.6. The number of carbonyl (C=O) groups is 3. The first kappa shape index (κ1) is 17.1. The maximum atomic E-state index is 12.1. The summed E-state index contributed by atoms with van der Waals surface area (Å²) in [4.78, 5) is 39.8. The van der Waals surface area contributed by atoms with Crippen molar-refractivity contribution < 1.29 is 24.2 Å². The zero-order chi connectivity index (χ0) is 17.9. The smallest absolute Gasteiger partial charge is 0.413 e. The number of hydrogen-bond donors (Lipinski definition) is 5. The molecule has 2 aromatic rings. The molecule has 0 saturated heterocycles. The van der Waals surface area contributed by atoms with E-state index in [9.17, 15) is 14.4 Å². The van der Waals surface area contributed by atoms with E-state index < -0.39 is 23.6 Å². The van der Waals surface area contributed by atoms with Gasteiger partial charge in [0, 0.05) is 0 Å². The molecule has 24 heavy (non-hydrogen) atoms. The molecular formula is C15H18N4O5. The highest BCUT2D eigenvalue weighted by Crippen LogP contribution is 2.13. The molecule has 0 aliphatic carbocycles. The SMILES string of the molecule is CC(C)(C)OC(=O)Nc1ccc(C(=O)Nc2ccc(C(=O)O)[nH]2)[nH]1. The third-order valence-corrected chi connectivity index (χ3v) is 2.73. The maximum Gasteiger partial charge on any atom is 0.413 e. The Morgan fingerprint density at radius 3 is 2.04 bits per heavy atom. The van der Waals surface area contributed by atoms with Crippen LogP contribution < -0.4 is 10.6 Å². The molecule has 5 N–H and O–H groups in total. The first-order valence-corrected chi connectivity index (χ1v) is 7.07. The van der Waals surface area contributed by atoms with Crippen molar-refractivity contribution >= 4 is 29.6 Å². The number of carbonyl (C=O) groups excluding carboxylic acids is 2. The van der Waals surface area contributed by atoms with Crippen LogP contribution in [0.4, 0.5) is 16.4 Å². The quantitative estimate of drug-likeness (QED) is 0.585. The van der Waals surface area contributed by atoms with Crippen LogP contribution in [-0.2, 0) is 4.74 Å². The molecule has 0 aromatic carbocycles. The van der Waals surface area contributed by atoms with E-state index in [1.165, 1.54) is 24.3 Å². The van der Waals surface area contributed by atoms with Crippen LogP contribution in [0.5, 0.6) is 0 Å². The van der Waals surface area contributed by atoms with E-state index >= 15 is 0 Å². The van der Waals surface area contributed by atoms with Gasteiger partial charge in [-0.1, -0.05) is 0 Å². The van der Waals surface area contributed by atoms with Gasteiger partial charge in [0.05, 0.1) is 0 Å². The van der Waals surface area contributed by atoms with Gasteiger partial charge in [-0.2, -0.15) is 0 Å². The predicted octanol–water partition coefficient (Wildman–Crippen LogP) is 2.64. The Morgan fingerprint density at radius 2 is 1.50 bits per heavy atom. The van der Waals surface area contributed by atoms with Gasteiger partial charge in [-0.05, 0) is 45.0 Å². The van der Waals surface area contributed by atoms with Crippen LogP contribution >= 0.6 is 0 Å². The zero-order valence-corrected chi connectivity index (χ0v) is 13.4. The fourth-order valence-electron chi connectivity index (χ4n) is 1.80. The van der Waals surface area contributed by atoms with Crippen LogP contribution in [0, 0.1) is 0 Å². The molecule has 2 rings (SSSR count). The Balaban J connectivity index is 1.97. The summed E-state index contributed by atoms with van der Waals surface area (Å²) in [6.07, 6.45) is -0.647. The molecule has 2 heterocycles. The lowest BCUT2D eigenvalue weighted by Crippen LogP contribution is -2.27. The molecular weight excluding hydrogens is 316 g/mol. The van der Waals surface area contributed by atoms with E-state index in [2.05, 4.69) is 20.6 Å². The van der Waals surface area contributed by atoms with Gasteiger partial charge < -0.3 is 25.1 Å². The lowest BCUT2D eigenvalue weighted by molar-refractivity contribution is 0.0633. The van der Waals surface area contributed by atoms with Gasteiger partial charge in [-0.3, -0.25) is 10.1 Å². The van der Waals surface area contributed by atoms with Crippen molar-refractivity contribution in [1.29, 1.82) is 0 Å². The number of hydrogen-bond acceptors (Lipinski definition) is 4. The minimum Gasteiger partial charge on any atom is -0.477 e. The standard InChI is InChI=1S/C15H18N4O5/c1-15(2,3)24-14(23)19-11-6-4-8(16-11)12(20)18-10-7-5-9(17-10)13(21)22/h4-7,16-17H,1-3H3,(H,18,20)(H,19,23)(H,21,22). The van der Waals surface area contributed by atoms with Crippen molar-refractivity contribution in [1.82, 2.24) is 9.97 Å². The third-order valence-electron chi connectivity index (χ3n) is 2.73. The molecule has 0 saturated carbocycles. The highest BCUT2D eigenvalue weighted by Gasteiger charge is 2.17. The van der Waals surface area contributed by atoms with Gasteiger partial charge in [-0.25, -0.2) is 9.59 Å². The molecule has 0 unspecified atom stereocenters. The van der Waals surface area contributed by atoms with E-state index in [4.69, 9.17) is 9.84 Å². The lowest BCUT2D eigenvalue weighted by atomic mass is 10.2. The highest BCUT2D eigenvalue weighted by molar-refractivity contribution is 6.03. The van der Waals surface area contributed by atoms with Gasteiger partial charge in [0.2, 0.25) is 0 Å². The topological polar surface area (TPSA) is 136 Å². The van der Waals surface area contributed by atoms with Crippen LogP contribution in [0.3, 0.4) is 0 Å². The van der Waals surface area contributed by atoms with Gasteiger partial charge in [0.15, 0.2) is 0 Å². The predicted molar refractivity (Wildman–Crippen MR) is 86.4 cm³/mol. The summed E-state index contributed by atoms with van der Waals surface area (Å²) in [7, 11) is 0. The van der Waals surface area contributed by atoms with Crippen molar-refractivity contribution in [2.75, 3.05) is 10.6 Å². The van der Waals surface area contributed by atoms with E-state index in [-0.39, 0.29) is 17.2 Å². The molecule has 0 fully saturated rings. The Kier molecular flexibility index (Phi) is 4.63. The Hall–Kier alpha value is -3.23. The van der Waals surface area contributed by atoms with Crippen molar-refractivity contribution in [3.8, 4) is 0 Å². The second-order valence-corrected chi connectivity index (χ2v) is 5.96. The molecule has 128 valence electrons. The van der Waals surface area contributed by atoms with Crippen LogP contribution in [0.1, 0.15) is 41.7 Å². The molecule has 2 aromatic heterocycles. The molecule has 0 bridgehead atoms. The molecule has 0 radical (unpaired) electrons. The number of aromatic nitrogens is 2. The van der Waals surface area contributed by atoms with Gasteiger partial charge in [0.1, 0.15) is 28.6 Å². The van der Waals surface area contributed by atoms with Crippen LogP contribution in [-0.4, -0.2) is 38.6 Å². The van der Waals surface area contributed by atoms with Crippen molar-refractivity contribution in [2.24, 2.45) is 0 Å². The number of anilines is 2. The zero-order valence-electron chi connectivity index (χ0n) is 13.4. The normalized spacial score (nSPS) is 11.0. The molecule has 9 heteroatoms. The summed E-state index contributed by atoms with van der Waals surface area (Å²) in [5.74, 6) is -1.08. The van der Waals surface area contributed by atoms with Crippen LogP contribution in [0.15, 0.2) is 24.3 Å². The number of carboxylic acid groups (broad SMARTS) is 1. The average Bonchev–Trinajstić information content (AvgIpc) is 3.05. The van der Waals surface area contributed by atoms with Crippen molar-refractivity contribution in [3.05, 3.63) is 35.7 Å². The largest absolute Gasteiger partial charge is 0.477 e. The van der Waals surface area contributed by atoms with Gasteiger partial charge >= 0.3 is 12.1 Å². The second-order valence-electron chi connectivity index (χ2n) is 5.96.